The smallest absolute Gasteiger partial charge is 0.223 e. The van der Waals surface area contributed by atoms with Crippen molar-refractivity contribution < 1.29 is 4.79 Å². The second-order valence-electron chi connectivity index (χ2n) is 4.53. The van der Waals surface area contributed by atoms with Gasteiger partial charge in [-0.1, -0.05) is 26.0 Å². The lowest BCUT2D eigenvalue weighted by Gasteiger charge is -2.27. The van der Waals surface area contributed by atoms with Crippen molar-refractivity contribution in [1.29, 1.82) is 0 Å². The molecule has 0 spiro atoms. The van der Waals surface area contributed by atoms with Gasteiger partial charge >= 0.3 is 0 Å². The quantitative estimate of drug-likeness (QED) is 0.635. The summed E-state index contributed by atoms with van der Waals surface area (Å²) in [5.74, 6) is -0.0236. The van der Waals surface area contributed by atoms with E-state index in [-0.39, 0.29) is 29.8 Å². The number of carbonyl (C=O) groups excluding carboxylic acids is 1. The van der Waals surface area contributed by atoms with Crippen LogP contribution in [0.25, 0.3) is 0 Å². The van der Waals surface area contributed by atoms with Crippen LogP contribution >= 0.6 is 12.4 Å². The second kappa shape index (κ2) is 10.2. The third kappa shape index (κ3) is 6.82. The van der Waals surface area contributed by atoms with Gasteiger partial charge in [0, 0.05) is 18.0 Å². The molecule has 1 amide bonds. The number of hydrogen-bond donors (Lipinski definition) is 2. The van der Waals surface area contributed by atoms with E-state index >= 15 is 0 Å². The van der Waals surface area contributed by atoms with E-state index in [9.17, 15) is 4.79 Å². The van der Waals surface area contributed by atoms with Crippen LogP contribution in [0.2, 0.25) is 0 Å². The highest BCUT2D eigenvalue weighted by Crippen LogP contribution is 2.13. The minimum absolute atomic E-state index is 0. The highest BCUT2D eigenvalue weighted by Gasteiger charge is 2.23. The lowest BCUT2D eigenvalue weighted by Crippen LogP contribution is -2.50. The van der Waals surface area contributed by atoms with E-state index in [1.807, 2.05) is 13.8 Å². The van der Waals surface area contributed by atoms with Crippen LogP contribution in [-0.2, 0) is 4.79 Å². The molecule has 0 aromatic rings. The van der Waals surface area contributed by atoms with Gasteiger partial charge in [0.05, 0.1) is 0 Å². The fraction of sp³-hybridized carbons (Fsp3) is 0.643. The third-order valence-corrected chi connectivity index (χ3v) is 3.30. The summed E-state index contributed by atoms with van der Waals surface area (Å²) in [5, 5.41) is 2.94. The number of carbonyl (C=O) groups is 1. The summed E-state index contributed by atoms with van der Waals surface area (Å²) >= 11 is 0. The van der Waals surface area contributed by atoms with E-state index in [2.05, 4.69) is 18.5 Å². The summed E-state index contributed by atoms with van der Waals surface area (Å²) in [7, 11) is 0. The lowest BCUT2D eigenvalue weighted by atomic mass is 9.93. The van der Waals surface area contributed by atoms with Gasteiger partial charge in [0.2, 0.25) is 5.91 Å². The fourth-order valence-electron chi connectivity index (χ4n) is 1.62. The van der Waals surface area contributed by atoms with Gasteiger partial charge < -0.3 is 11.1 Å². The number of allylic oxidation sites excluding steroid dienone is 2. The van der Waals surface area contributed by atoms with Crippen molar-refractivity contribution in [3.63, 3.8) is 0 Å². The van der Waals surface area contributed by atoms with Crippen molar-refractivity contribution in [2.75, 3.05) is 6.54 Å². The molecule has 3 N–H and O–H groups in total. The molecule has 4 heteroatoms. The molecule has 0 rings (SSSR count). The van der Waals surface area contributed by atoms with Crippen molar-refractivity contribution in [1.82, 2.24) is 5.32 Å². The third-order valence-electron chi connectivity index (χ3n) is 3.30. The maximum absolute atomic E-state index is 11.9. The highest BCUT2D eigenvalue weighted by molar-refractivity contribution is 5.85. The molecule has 0 heterocycles. The molecule has 0 radical (unpaired) electrons. The monoisotopic (exact) mass is 274 g/mol. The Hall–Kier alpha value is -0.800. The lowest BCUT2D eigenvalue weighted by molar-refractivity contribution is -0.125. The number of rotatable bonds is 9. The number of nitrogens with one attached hydrogen (secondary N) is 1. The van der Waals surface area contributed by atoms with Gasteiger partial charge in [-0.3, -0.25) is 4.79 Å². The normalized spacial score (nSPS) is 10.7. The van der Waals surface area contributed by atoms with Crippen molar-refractivity contribution in [3.8, 4) is 0 Å². The predicted octanol–water partition coefficient (Wildman–Crippen LogP) is 2.81. The van der Waals surface area contributed by atoms with Crippen LogP contribution < -0.4 is 11.1 Å². The van der Waals surface area contributed by atoms with Gasteiger partial charge in [-0.05, 0) is 25.7 Å². The maximum atomic E-state index is 11.9. The van der Waals surface area contributed by atoms with Crippen molar-refractivity contribution in [2.45, 2.75) is 45.1 Å². The first kappa shape index (κ1) is 19.5. The molecule has 0 aliphatic heterocycles. The van der Waals surface area contributed by atoms with Crippen LogP contribution in [0, 0.1) is 5.92 Å². The van der Waals surface area contributed by atoms with Crippen molar-refractivity contribution >= 4 is 18.3 Å². The molecule has 0 saturated heterocycles. The molecule has 0 aromatic carbocycles. The Morgan fingerprint density at radius 2 is 1.72 bits per heavy atom. The Labute approximate surface area is 117 Å². The average molecular weight is 275 g/mol. The van der Waals surface area contributed by atoms with Crippen LogP contribution in [0.1, 0.15) is 39.5 Å². The molecule has 18 heavy (non-hydrogen) atoms. The minimum Gasteiger partial charge on any atom is -0.354 e. The molecule has 0 saturated carbocycles. The van der Waals surface area contributed by atoms with E-state index in [0.717, 1.165) is 12.8 Å². The van der Waals surface area contributed by atoms with Crippen LogP contribution in [-0.4, -0.2) is 18.0 Å². The van der Waals surface area contributed by atoms with E-state index < -0.39 is 0 Å². The molecular formula is C14H27ClN2O. The number of nitrogens with two attached hydrogens (primary N) is 1. The average Bonchev–Trinajstić information content (AvgIpc) is 2.35. The zero-order chi connectivity index (χ0) is 13.3. The summed E-state index contributed by atoms with van der Waals surface area (Å²) < 4.78 is 0. The molecule has 3 nitrogen and oxygen atoms in total. The molecule has 0 aromatic heterocycles. The van der Waals surface area contributed by atoms with Gasteiger partial charge in [0.25, 0.3) is 0 Å². The van der Waals surface area contributed by atoms with Crippen molar-refractivity contribution in [2.24, 2.45) is 11.7 Å². The van der Waals surface area contributed by atoms with Gasteiger partial charge in [-0.25, -0.2) is 0 Å². The van der Waals surface area contributed by atoms with Gasteiger partial charge in [-0.15, -0.1) is 25.6 Å². The Kier molecular flexibility index (Phi) is 11.0. The van der Waals surface area contributed by atoms with Gasteiger partial charge in [0.15, 0.2) is 0 Å². The van der Waals surface area contributed by atoms with Crippen LogP contribution in [0.4, 0.5) is 0 Å². The number of hydrogen-bond acceptors (Lipinski definition) is 2. The fourth-order valence-corrected chi connectivity index (χ4v) is 1.62. The van der Waals surface area contributed by atoms with E-state index in [1.165, 1.54) is 0 Å². The first-order valence-electron chi connectivity index (χ1n) is 6.31. The topological polar surface area (TPSA) is 55.1 Å². The second-order valence-corrected chi connectivity index (χ2v) is 4.53. The Morgan fingerprint density at radius 3 is 2.06 bits per heavy atom. The Bertz CT molecular complexity index is 253. The number of amides is 1. The molecule has 106 valence electrons. The first-order valence-corrected chi connectivity index (χ1v) is 6.31. The summed E-state index contributed by atoms with van der Waals surface area (Å²) in [6.45, 7) is 12.0. The highest BCUT2D eigenvalue weighted by atomic mass is 35.5. The molecule has 0 fully saturated rings. The predicted molar refractivity (Wildman–Crippen MR) is 80.9 cm³/mol. The summed E-state index contributed by atoms with van der Waals surface area (Å²) in [4.78, 5) is 11.9. The molecule has 0 atom stereocenters. The molecular weight excluding hydrogens is 248 g/mol. The Morgan fingerprint density at radius 1 is 1.28 bits per heavy atom. The Balaban J connectivity index is 0. The molecule has 0 unspecified atom stereocenters. The van der Waals surface area contributed by atoms with Gasteiger partial charge in [-0.2, -0.15) is 0 Å². The number of halogens is 1. The molecule has 0 aliphatic carbocycles. The van der Waals surface area contributed by atoms with Crippen LogP contribution in [0.3, 0.4) is 0 Å². The largest absolute Gasteiger partial charge is 0.354 e. The standard InChI is InChI=1S/C14H26N2O.ClH/c1-5-9-12(10-6-2)13(17)16-11-14(15,7-3)8-4;/h5-6,12H,1-2,7-11,15H2,3-4H3,(H,16,17);1H. The summed E-state index contributed by atoms with van der Waals surface area (Å²) in [6.07, 6.45) is 6.60. The summed E-state index contributed by atoms with van der Waals surface area (Å²) in [5.41, 5.74) is 5.85. The zero-order valence-electron chi connectivity index (χ0n) is 11.6. The van der Waals surface area contributed by atoms with Gasteiger partial charge in [0.1, 0.15) is 0 Å². The van der Waals surface area contributed by atoms with Crippen molar-refractivity contribution in [3.05, 3.63) is 25.3 Å². The summed E-state index contributed by atoms with van der Waals surface area (Å²) in [6, 6.07) is 0. The van der Waals surface area contributed by atoms with E-state index in [0.29, 0.717) is 19.4 Å². The first-order chi connectivity index (χ1) is 8.02. The van der Waals surface area contributed by atoms with E-state index in [4.69, 9.17) is 5.73 Å². The van der Waals surface area contributed by atoms with E-state index in [1.54, 1.807) is 12.2 Å². The zero-order valence-corrected chi connectivity index (χ0v) is 12.4. The SMILES string of the molecule is C=CCC(CC=C)C(=O)NCC(N)(CC)CC.Cl. The van der Waals surface area contributed by atoms with Crippen LogP contribution in [0.5, 0.6) is 0 Å². The minimum atomic E-state index is -0.289. The van der Waals surface area contributed by atoms with Crippen LogP contribution in [0.15, 0.2) is 25.3 Å². The maximum Gasteiger partial charge on any atom is 0.223 e. The molecule has 0 bridgehead atoms. The molecule has 0 aliphatic rings.